The van der Waals surface area contributed by atoms with Crippen molar-refractivity contribution in [3.05, 3.63) is 0 Å². The van der Waals surface area contributed by atoms with E-state index in [-0.39, 0.29) is 26.2 Å². The summed E-state index contributed by atoms with van der Waals surface area (Å²) >= 11 is 0. The molecule has 0 spiro atoms. The van der Waals surface area contributed by atoms with Crippen LogP contribution in [0, 0.1) is 50.2 Å². The van der Waals surface area contributed by atoms with Crippen LogP contribution in [0.4, 0.5) is 17.6 Å². The van der Waals surface area contributed by atoms with Crippen molar-refractivity contribution >= 4 is 0 Å². The van der Waals surface area contributed by atoms with Gasteiger partial charge in [0, 0.05) is 11.3 Å². The lowest BCUT2D eigenvalue weighted by atomic mass is 9.62. The van der Waals surface area contributed by atoms with E-state index in [1.165, 1.54) is 25.7 Å². The largest absolute Gasteiger partial charge is 0.255 e. The fourth-order valence-corrected chi connectivity index (χ4v) is 5.38. The molecule has 5 fully saturated rings. The van der Waals surface area contributed by atoms with Crippen LogP contribution in [0.15, 0.2) is 0 Å². The van der Waals surface area contributed by atoms with E-state index in [0.29, 0.717) is 40.4 Å². The number of alkyl halides is 4. The standard InChI is InChI=1S/C9H17F.C8H14F2.C8H16.C7H13F.C7H14.2CH4/c1-8(2,3)7-5-9(4,10)6-7;1-7(2,3)8(9,10)6-4-5-6;1-7(2,3)8(4)5-6-8;1-6(2,3)7(8)4-5-7;1-7(2,3)6-4-5-6;;/h7H,5-6H2,1-4H3;6H,4-5H2,1-3H3;5-6H2,1-4H3;4-5H2,1-3H3;6H,4-5H2,1-3H3;2*1H4. The summed E-state index contributed by atoms with van der Waals surface area (Å²) in [6, 6.07) is 0. The van der Waals surface area contributed by atoms with Crippen molar-refractivity contribution < 1.29 is 17.6 Å². The van der Waals surface area contributed by atoms with Gasteiger partial charge in [0.1, 0.15) is 11.3 Å². The van der Waals surface area contributed by atoms with E-state index in [1.807, 2.05) is 20.8 Å². The molecule has 0 aromatic carbocycles. The van der Waals surface area contributed by atoms with E-state index in [9.17, 15) is 17.6 Å². The van der Waals surface area contributed by atoms with Gasteiger partial charge in [-0.05, 0) is 110 Å². The Morgan fingerprint density at radius 3 is 0.867 bits per heavy atom. The van der Waals surface area contributed by atoms with E-state index in [0.717, 1.165) is 31.6 Å². The number of halogens is 4. The number of hydrogen-bond donors (Lipinski definition) is 0. The molecule has 0 aliphatic heterocycles. The molecule has 0 bridgehead atoms. The lowest BCUT2D eigenvalue weighted by Gasteiger charge is -2.46. The maximum atomic E-state index is 13.1. The second-order valence-corrected chi connectivity index (χ2v) is 20.7. The molecule has 0 heterocycles. The third kappa shape index (κ3) is 15.2. The Morgan fingerprint density at radius 2 is 0.822 bits per heavy atom. The summed E-state index contributed by atoms with van der Waals surface area (Å²) in [6.45, 7) is 35.3. The van der Waals surface area contributed by atoms with Crippen LogP contribution in [-0.2, 0) is 0 Å². The van der Waals surface area contributed by atoms with Crippen molar-refractivity contribution in [2.45, 2.75) is 214 Å². The van der Waals surface area contributed by atoms with Gasteiger partial charge in [0.2, 0.25) is 0 Å². The smallest absolute Gasteiger partial charge is 0.244 e. The highest BCUT2D eigenvalue weighted by molar-refractivity contribution is 5.03. The van der Waals surface area contributed by atoms with Crippen LogP contribution in [0.1, 0.15) is 197 Å². The molecule has 0 aromatic heterocycles. The Morgan fingerprint density at radius 1 is 0.489 bits per heavy atom. The summed E-state index contributed by atoms with van der Waals surface area (Å²) in [4.78, 5) is 0. The maximum Gasteiger partial charge on any atom is 0.255 e. The molecule has 0 N–H and O–H groups in total. The van der Waals surface area contributed by atoms with E-state index in [1.54, 1.807) is 27.7 Å². The minimum absolute atomic E-state index is 0. The van der Waals surface area contributed by atoms with E-state index < -0.39 is 22.7 Å². The second kappa shape index (κ2) is 15.1. The van der Waals surface area contributed by atoms with Gasteiger partial charge in [0.25, 0.3) is 5.92 Å². The zero-order chi connectivity index (χ0) is 34.3. The zero-order valence-electron chi connectivity index (χ0n) is 31.8. The minimum atomic E-state index is -2.45. The highest BCUT2D eigenvalue weighted by atomic mass is 19.3. The molecule has 5 rings (SSSR count). The molecule has 45 heavy (non-hydrogen) atoms. The van der Waals surface area contributed by atoms with Gasteiger partial charge >= 0.3 is 0 Å². The topological polar surface area (TPSA) is 0 Å². The van der Waals surface area contributed by atoms with Crippen LogP contribution >= 0.6 is 0 Å². The molecule has 0 aromatic rings. The summed E-state index contributed by atoms with van der Waals surface area (Å²) < 4.78 is 52.2. The summed E-state index contributed by atoms with van der Waals surface area (Å²) in [7, 11) is 0. The molecular formula is C41H82F4. The second-order valence-electron chi connectivity index (χ2n) is 20.7. The first kappa shape index (κ1) is 46.8. The molecule has 0 amide bonds. The highest BCUT2D eigenvalue weighted by Crippen LogP contribution is 2.58. The normalized spacial score (nSPS) is 26.5. The lowest BCUT2D eigenvalue weighted by Crippen LogP contribution is -2.43. The van der Waals surface area contributed by atoms with Gasteiger partial charge in [-0.25, -0.2) is 17.6 Å². The van der Waals surface area contributed by atoms with Crippen LogP contribution in [0.25, 0.3) is 0 Å². The van der Waals surface area contributed by atoms with Gasteiger partial charge in [0.05, 0.1) is 0 Å². The molecule has 5 aliphatic rings. The summed E-state index contributed by atoms with van der Waals surface area (Å²) in [5.74, 6) is -1.13. The zero-order valence-corrected chi connectivity index (χ0v) is 31.8. The van der Waals surface area contributed by atoms with Crippen molar-refractivity contribution in [1.29, 1.82) is 0 Å². The van der Waals surface area contributed by atoms with Gasteiger partial charge in [-0.15, -0.1) is 0 Å². The molecule has 0 radical (unpaired) electrons. The monoisotopic (exact) mass is 651 g/mol. The number of rotatable bonds is 1. The van der Waals surface area contributed by atoms with Crippen LogP contribution in [-0.4, -0.2) is 17.3 Å². The third-order valence-electron chi connectivity index (χ3n) is 11.3. The van der Waals surface area contributed by atoms with Crippen LogP contribution < -0.4 is 0 Å². The van der Waals surface area contributed by atoms with Crippen LogP contribution in [0.3, 0.4) is 0 Å². The highest BCUT2D eigenvalue weighted by Gasteiger charge is 2.54. The average molecular weight is 651 g/mol. The summed E-state index contributed by atoms with van der Waals surface area (Å²) in [5, 5.41) is 0. The van der Waals surface area contributed by atoms with Gasteiger partial charge in [-0.2, -0.15) is 0 Å². The van der Waals surface area contributed by atoms with Crippen molar-refractivity contribution in [2.75, 3.05) is 0 Å². The molecule has 0 nitrogen and oxygen atoms in total. The molecule has 4 heteroatoms. The Bertz CT molecular complexity index is 805. The molecule has 0 atom stereocenters. The first-order valence-electron chi connectivity index (χ1n) is 17.4. The molecule has 5 saturated carbocycles. The van der Waals surface area contributed by atoms with Crippen molar-refractivity contribution in [3.8, 4) is 0 Å². The quantitative estimate of drug-likeness (QED) is 0.248. The van der Waals surface area contributed by atoms with Crippen LogP contribution in [0.5, 0.6) is 0 Å². The Kier molecular flexibility index (Phi) is 15.7. The van der Waals surface area contributed by atoms with Crippen molar-refractivity contribution in [1.82, 2.24) is 0 Å². The Hall–Kier alpha value is -0.280. The predicted molar refractivity (Wildman–Crippen MR) is 194 cm³/mol. The summed E-state index contributed by atoms with van der Waals surface area (Å²) in [5.41, 5.74) is -0.474. The van der Waals surface area contributed by atoms with E-state index in [4.69, 9.17) is 0 Å². The predicted octanol–water partition coefficient (Wildman–Crippen LogP) is 15.3. The van der Waals surface area contributed by atoms with Gasteiger partial charge < -0.3 is 0 Å². The fraction of sp³-hybridized carbons (Fsp3) is 1.00. The minimum Gasteiger partial charge on any atom is -0.244 e. The van der Waals surface area contributed by atoms with E-state index >= 15 is 0 Å². The van der Waals surface area contributed by atoms with Crippen molar-refractivity contribution in [3.63, 3.8) is 0 Å². The Balaban J connectivity index is 0. The van der Waals surface area contributed by atoms with Gasteiger partial charge in [-0.3, -0.25) is 0 Å². The van der Waals surface area contributed by atoms with E-state index in [2.05, 4.69) is 69.2 Å². The Labute approximate surface area is 281 Å². The third-order valence-corrected chi connectivity index (χ3v) is 11.3. The lowest BCUT2D eigenvalue weighted by molar-refractivity contribution is -0.115. The van der Waals surface area contributed by atoms with Gasteiger partial charge in [-0.1, -0.05) is 126 Å². The van der Waals surface area contributed by atoms with Crippen LogP contribution in [0.2, 0.25) is 0 Å². The molecule has 0 saturated heterocycles. The molecule has 0 unspecified atom stereocenters. The van der Waals surface area contributed by atoms with Gasteiger partial charge in [0.15, 0.2) is 0 Å². The SMILES string of the molecule is C.C.CC(C)(C)C(F)(F)C1CC1.CC(C)(C)C1(C)CC1.CC(C)(C)C1(F)CC1.CC(C)(C)C1CC1.CC1(F)CC(C(C)(C)C)C1. The molecule has 5 aliphatic carbocycles. The molecule has 274 valence electrons. The average Bonchev–Trinajstić information content (AvgIpc) is 3.56. The summed E-state index contributed by atoms with van der Waals surface area (Å²) in [6.07, 6.45) is 10.3. The van der Waals surface area contributed by atoms with Crippen molar-refractivity contribution in [2.24, 2.45) is 50.2 Å². The fourth-order valence-electron chi connectivity index (χ4n) is 5.38. The maximum absolute atomic E-state index is 13.1. The first-order chi connectivity index (χ1) is 18.7. The molecular weight excluding hydrogens is 568 g/mol. The first-order valence-corrected chi connectivity index (χ1v) is 17.4. The number of hydrogen-bond acceptors (Lipinski definition) is 0.